The first-order valence-electron chi connectivity index (χ1n) is 6.02. The molecule has 2 aromatic heterocycles. The number of rotatable bonds is 5. The molecule has 0 saturated heterocycles. The van der Waals surface area contributed by atoms with Gasteiger partial charge >= 0.3 is 0 Å². The van der Waals surface area contributed by atoms with E-state index in [2.05, 4.69) is 25.4 Å². The summed E-state index contributed by atoms with van der Waals surface area (Å²) in [6.07, 6.45) is 3.66. The minimum absolute atomic E-state index is 0.0202. The van der Waals surface area contributed by atoms with E-state index in [4.69, 9.17) is 5.73 Å². The van der Waals surface area contributed by atoms with E-state index in [1.807, 2.05) is 0 Å². The first kappa shape index (κ1) is 13.7. The quantitative estimate of drug-likeness (QED) is 0.758. The number of nitrogen functional groups attached to an aromatic ring is 1. The molecule has 0 aliphatic rings. The Bertz CT molecular complexity index is 580. The van der Waals surface area contributed by atoms with Crippen LogP contribution in [0.3, 0.4) is 0 Å². The van der Waals surface area contributed by atoms with E-state index in [1.165, 1.54) is 9.58 Å². The molecule has 9 heteroatoms. The van der Waals surface area contributed by atoms with Crippen LogP contribution in [0.15, 0.2) is 18.5 Å². The topological polar surface area (TPSA) is 115 Å². The largest absolute Gasteiger partial charge is 0.368 e. The molecule has 3 N–H and O–H groups in total. The van der Waals surface area contributed by atoms with Crippen molar-refractivity contribution in [3.63, 3.8) is 0 Å². The van der Waals surface area contributed by atoms with Crippen LogP contribution in [0.25, 0.3) is 5.95 Å². The lowest BCUT2D eigenvalue weighted by Gasteiger charge is -2.10. The molecule has 0 aliphatic carbocycles. The molecule has 0 radical (unpaired) electrons. The van der Waals surface area contributed by atoms with E-state index in [-0.39, 0.29) is 11.9 Å². The van der Waals surface area contributed by atoms with Crippen molar-refractivity contribution < 1.29 is 4.79 Å². The van der Waals surface area contributed by atoms with Crippen molar-refractivity contribution in [1.82, 2.24) is 29.6 Å². The third-order valence-electron chi connectivity index (χ3n) is 2.47. The van der Waals surface area contributed by atoms with E-state index in [0.29, 0.717) is 24.9 Å². The molecule has 0 bridgehead atoms. The van der Waals surface area contributed by atoms with Gasteiger partial charge < -0.3 is 16.0 Å². The van der Waals surface area contributed by atoms with Crippen molar-refractivity contribution in [2.24, 2.45) is 0 Å². The Labute approximate surface area is 115 Å². The maximum absolute atomic E-state index is 11.4. The number of carbonyl (C=O) groups excluding carboxylic acids is 1. The SMILES string of the molecule is CN(C)C(=O)CCNc1nc(N)nc(-n2cccn2)n1. The third-order valence-corrected chi connectivity index (χ3v) is 2.47. The number of anilines is 2. The zero-order chi connectivity index (χ0) is 14.5. The highest BCUT2D eigenvalue weighted by Crippen LogP contribution is 2.06. The van der Waals surface area contributed by atoms with Crippen LogP contribution in [0.5, 0.6) is 0 Å². The molecule has 9 nitrogen and oxygen atoms in total. The Balaban J connectivity index is 2.04. The van der Waals surface area contributed by atoms with Gasteiger partial charge in [0.15, 0.2) is 0 Å². The normalized spacial score (nSPS) is 10.3. The third kappa shape index (κ3) is 3.40. The monoisotopic (exact) mass is 276 g/mol. The van der Waals surface area contributed by atoms with Gasteiger partial charge in [-0.3, -0.25) is 4.79 Å². The maximum atomic E-state index is 11.4. The standard InChI is InChI=1S/C11H16N8O/c1-18(2)8(20)4-6-13-10-15-9(12)16-11(17-10)19-7-3-5-14-19/h3,5,7H,4,6H2,1-2H3,(H3,12,13,15,16,17). The first-order valence-corrected chi connectivity index (χ1v) is 6.02. The predicted octanol–water partition coefficient (Wildman–Crippen LogP) is -0.470. The van der Waals surface area contributed by atoms with Gasteiger partial charge in [0.25, 0.3) is 5.95 Å². The number of carbonyl (C=O) groups is 1. The van der Waals surface area contributed by atoms with Crippen LogP contribution in [0.1, 0.15) is 6.42 Å². The average molecular weight is 276 g/mol. The number of nitrogens with one attached hydrogen (secondary N) is 1. The molecule has 0 saturated carbocycles. The van der Waals surface area contributed by atoms with Gasteiger partial charge in [-0.25, -0.2) is 4.68 Å². The van der Waals surface area contributed by atoms with Crippen molar-refractivity contribution in [3.8, 4) is 5.95 Å². The molecule has 20 heavy (non-hydrogen) atoms. The lowest BCUT2D eigenvalue weighted by molar-refractivity contribution is -0.128. The summed E-state index contributed by atoms with van der Waals surface area (Å²) in [5, 5.41) is 6.96. The van der Waals surface area contributed by atoms with Gasteiger partial charge in [0.05, 0.1) is 0 Å². The van der Waals surface area contributed by atoms with Gasteiger partial charge in [0.2, 0.25) is 17.8 Å². The number of hydrogen-bond donors (Lipinski definition) is 2. The second-order valence-electron chi connectivity index (χ2n) is 4.23. The summed E-state index contributed by atoms with van der Waals surface area (Å²) in [5.41, 5.74) is 5.63. The summed E-state index contributed by atoms with van der Waals surface area (Å²) in [7, 11) is 3.41. The van der Waals surface area contributed by atoms with Gasteiger partial charge in [-0.2, -0.15) is 20.1 Å². The number of nitrogens with two attached hydrogens (primary N) is 1. The second-order valence-corrected chi connectivity index (χ2v) is 4.23. The van der Waals surface area contributed by atoms with E-state index in [1.54, 1.807) is 32.6 Å². The van der Waals surface area contributed by atoms with Gasteiger partial charge in [0, 0.05) is 39.5 Å². The smallest absolute Gasteiger partial charge is 0.257 e. The average Bonchev–Trinajstić information content (AvgIpc) is 2.91. The fourth-order valence-corrected chi connectivity index (χ4v) is 1.45. The first-order chi connectivity index (χ1) is 9.56. The number of nitrogens with zero attached hydrogens (tertiary/aromatic N) is 6. The summed E-state index contributed by atoms with van der Waals surface area (Å²) in [4.78, 5) is 25.1. The second kappa shape index (κ2) is 5.95. The highest BCUT2D eigenvalue weighted by atomic mass is 16.2. The fraction of sp³-hybridized carbons (Fsp3) is 0.364. The molecular formula is C11H16N8O. The minimum Gasteiger partial charge on any atom is -0.368 e. The van der Waals surface area contributed by atoms with E-state index < -0.39 is 0 Å². The molecule has 2 heterocycles. The Morgan fingerprint density at radius 1 is 1.40 bits per heavy atom. The van der Waals surface area contributed by atoms with E-state index >= 15 is 0 Å². The zero-order valence-corrected chi connectivity index (χ0v) is 11.3. The van der Waals surface area contributed by atoms with E-state index in [0.717, 1.165) is 0 Å². The highest BCUT2D eigenvalue weighted by molar-refractivity contribution is 5.75. The molecular weight excluding hydrogens is 260 g/mol. The lowest BCUT2D eigenvalue weighted by atomic mass is 10.4. The van der Waals surface area contributed by atoms with Crippen LogP contribution in [0, 0.1) is 0 Å². The van der Waals surface area contributed by atoms with Crippen LogP contribution >= 0.6 is 0 Å². The van der Waals surface area contributed by atoms with Crippen LogP contribution in [0.4, 0.5) is 11.9 Å². The molecule has 1 amide bonds. The van der Waals surface area contributed by atoms with E-state index in [9.17, 15) is 4.79 Å². The molecule has 0 aliphatic heterocycles. The highest BCUT2D eigenvalue weighted by Gasteiger charge is 2.08. The van der Waals surface area contributed by atoms with Crippen LogP contribution in [0.2, 0.25) is 0 Å². The van der Waals surface area contributed by atoms with Crippen LogP contribution < -0.4 is 11.1 Å². The van der Waals surface area contributed by atoms with Gasteiger partial charge in [0.1, 0.15) is 0 Å². The Morgan fingerprint density at radius 2 is 2.20 bits per heavy atom. The number of aromatic nitrogens is 5. The summed E-state index contributed by atoms with van der Waals surface area (Å²) < 4.78 is 1.48. The van der Waals surface area contributed by atoms with Gasteiger partial charge in [-0.15, -0.1) is 0 Å². The number of amides is 1. The number of hydrogen-bond acceptors (Lipinski definition) is 7. The Kier molecular flexibility index (Phi) is 4.08. The van der Waals surface area contributed by atoms with Crippen molar-refractivity contribution in [2.45, 2.75) is 6.42 Å². The molecule has 106 valence electrons. The zero-order valence-electron chi connectivity index (χ0n) is 11.3. The van der Waals surface area contributed by atoms with Crippen LogP contribution in [-0.4, -0.2) is 56.2 Å². The van der Waals surface area contributed by atoms with Gasteiger partial charge in [-0.1, -0.05) is 0 Å². The fourth-order valence-electron chi connectivity index (χ4n) is 1.45. The molecule has 0 aromatic carbocycles. The molecule has 0 unspecified atom stereocenters. The molecule has 2 aromatic rings. The minimum atomic E-state index is 0.0202. The van der Waals surface area contributed by atoms with Crippen molar-refractivity contribution in [2.75, 3.05) is 31.7 Å². The maximum Gasteiger partial charge on any atom is 0.257 e. The lowest BCUT2D eigenvalue weighted by Crippen LogP contribution is -2.24. The summed E-state index contributed by atoms with van der Waals surface area (Å²) in [6.45, 7) is 0.416. The van der Waals surface area contributed by atoms with Crippen molar-refractivity contribution >= 4 is 17.8 Å². The predicted molar refractivity (Wildman–Crippen MR) is 73.2 cm³/mol. The van der Waals surface area contributed by atoms with Crippen molar-refractivity contribution in [3.05, 3.63) is 18.5 Å². The molecule has 2 rings (SSSR count). The van der Waals surface area contributed by atoms with Gasteiger partial charge in [-0.05, 0) is 6.07 Å². The molecule has 0 atom stereocenters. The Morgan fingerprint density at radius 3 is 2.85 bits per heavy atom. The summed E-state index contributed by atoms with van der Waals surface area (Å²) in [5.74, 6) is 0.747. The molecule has 0 spiro atoms. The Hall–Kier alpha value is -2.71. The molecule has 0 fully saturated rings. The van der Waals surface area contributed by atoms with Crippen molar-refractivity contribution in [1.29, 1.82) is 0 Å². The van der Waals surface area contributed by atoms with Crippen LogP contribution in [-0.2, 0) is 4.79 Å². The summed E-state index contributed by atoms with van der Waals surface area (Å²) in [6, 6.07) is 1.75. The summed E-state index contributed by atoms with van der Waals surface area (Å²) >= 11 is 0.